The van der Waals surface area contributed by atoms with E-state index in [9.17, 15) is 9.59 Å². The van der Waals surface area contributed by atoms with Crippen LogP contribution in [0.2, 0.25) is 0 Å². The van der Waals surface area contributed by atoms with E-state index in [1.165, 1.54) is 9.13 Å². The van der Waals surface area contributed by atoms with Gasteiger partial charge < -0.3 is 4.57 Å². The molecule has 19 heavy (non-hydrogen) atoms. The predicted octanol–water partition coefficient (Wildman–Crippen LogP) is 1.75. The molecule has 2 aromatic rings. The summed E-state index contributed by atoms with van der Waals surface area (Å²) in [5.74, 6) is 0. The summed E-state index contributed by atoms with van der Waals surface area (Å²) in [6.07, 6.45) is 5.63. The van der Waals surface area contributed by atoms with Gasteiger partial charge in [-0.1, -0.05) is 31.2 Å². The van der Waals surface area contributed by atoms with Gasteiger partial charge in [-0.3, -0.25) is 14.2 Å². The minimum Gasteiger partial charge on any atom is -0.306 e. The first-order chi connectivity index (χ1) is 9.19. The second-order valence-corrected chi connectivity index (χ2v) is 4.20. The summed E-state index contributed by atoms with van der Waals surface area (Å²) in [7, 11) is 0. The Morgan fingerprint density at radius 1 is 1.16 bits per heavy atom. The van der Waals surface area contributed by atoms with Crippen molar-refractivity contribution in [3.8, 4) is 5.69 Å². The van der Waals surface area contributed by atoms with Gasteiger partial charge >= 0.3 is 11.1 Å². The highest BCUT2D eigenvalue weighted by atomic mass is 16.2. The van der Waals surface area contributed by atoms with Crippen molar-refractivity contribution in [1.82, 2.24) is 9.13 Å². The number of nitrogens with zero attached hydrogens (tertiary/aromatic N) is 2. The number of para-hydroxylation sites is 1. The monoisotopic (exact) mass is 256 g/mol. The molecule has 98 valence electrons. The van der Waals surface area contributed by atoms with Crippen LogP contribution < -0.4 is 11.1 Å². The fourth-order valence-electron chi connectivity index (χ4n) is 2.03. The number of aromatic nitrogens is 2. The summed E-state index contributed by atoms with van der Waals surface area (Å²) in [6, 6.07) is 7.58. The molecule has 0 atom stereocenters. The highest BCUT2D eigenvalue weighted by Crippen LogP contribution is 2.12. The van der Waals surface area contributed by atoms with E-state index in [0.29, 0.717) is 6.54 Å². The number of hydrogen-bond acceptors (Lipinski definition) is 2. The summed E-state index contributed by atoms with van der Waals surface area (Å²) < 4.78 is 2.75. The van der Waals surface area contributed by atoms with E-state index in [1.54, 1.807) is 18.5 Å². The highest BCUT2D eigenvalue weighted by molar-refractivity contribution is 5.40. The van der Waals surface area contributed by atoms with Gasteiger partial charge in [0.25, 0.3) is 0 Å². The lowest BCUT2D eigenvalue weighted by Gasteiger charge is -2.11. The van der Waals surface area contributed by atoms with E-state index in [1.807, 2.05) is 31.2 Å². The maximum Gasteiger partial charge on any atom is 0.320 e. The average Bonchev–Trinajstić information content (AvgIpc) is 2.44. The van der Waals surface area contributed by atoms with Gasteiger partial charge in [-0.15, -0.1) is 6.58 Å². The number of allylic oxidation sites excluding steroid dienone is 1. The van der Waals surface area contributed by atoms with Crippen LogP contribution in [0.15, 0.2) is 58.9 Å². The normalized spacial score (nSPS) is 10.4. The smallest absolute Gasteiger partial charge is 0.306 e. The van der Waals surface area contributed by atoms with Crippen LogP contribution in [0.4, 0.5) is 0 Å². The molecule has 0 saturated carbocycles. The summed E-state index contributed by atoms with van der Waals surface area (Å²) in [4.78, 5) is 24.1. The Morgan fingerprint density at radius 3 is 2.58 bits per heavy atom. The summed E-state index contributed by atoms with van der Waals surface area (Å²) in [5, 5.41) is 0. The van der Waals surface area contributed by atoms with Crippen LogP contribution in [-0.2, 0) is 13.0 Å². The number of aryl methyl sites for hydroxylation is 1. The molecule has 0 aliphatic heterocycles. The van der Waals surface area contributed by atoms with E-state index in [4.69, 9.17) is 0 Å². The highest BCUT2D eigenvalue weighted by Gasteiger charge is 2.08. The fraction of sp³-hybridized carbons (Fsp3) is 0.200. The molecule has 0 saturated heterocycles. The van der Waals surface area contributed by atoms with Crippen LogP contribution in [0.3, 0.4) is 0 Å². The minimum atomic E-state index is -0.537. The molecule has 0 bridgehead atoms. The Balaban J connectivity index is 2.65. The van der Waals surface area contributed by atoms with Crippen LogP contribution in [0.5, 0.6) is 0 Å². The second kappa shape index (κ2) is 5.52. The molecule has 1 aromatic carbocycles. The van der Waals surface area contributed by atoms with E-state index in [0.717, 1.165) is 17.7 Å². The van der Waals surface area contributed by atoms with Crippen LogP contribution in [0.25, 0.3) is 5.69 Å². The molecule has 0 amide bonds. The molecular formula is C15H16N2O2. The zero-order chi connectivity index (χ0) is 13.8. The van der Waals surface area contributed by atoms with Crippen LogP contribution in [0, 0.1) is 0 Å². The first-order valence-electron chi connectivity index (χ1n) is 6.20. The third kappa shape index (κ3) is 2.42. The molecule has 0 fully saturated rings. The lowest BCUT2D eigenvalue weighted by atomic mass is 10.1. The third-order valence-corrected chi connectivity index (χ3v) is 3.02. The molecule has 4 nitrogen and oxygen atoms in total. The molecule has 0 aliphatic rings. The van der Waals surface area contributed by atoms with E-state index in [-0.39, 0.29) is 0 Å². The Morgan fingerprint density at radius 2 is 1.89 bits per heavy atom. The number of benzene rings is 1. The van der Waals surface area contributed by atoms with E-state index < -0.39 is 11.1 Å². The molecule has 0 radical (unpaired) electrons. The first kappa shape index (κ1) is 13.1. The zero-order valence-corrected chi connectivity index (χ0v) is 10.9. The average molecular weight is 256 g/mol. The van der Waals surface area contributed by atoms with Gasteiger partial charge in [0.15, 0.2) is 0 Å². The minimum absolute atomic E-state index is 0.338. The van der Waals surface area contributed by atoms with Gasteiger partial charge in [0, 0.05) is 18.9 Å². The SMILES string of the molecule is C=CCn1ccn(-c2ccccc2CC)c(=O)c1=O. The van der Waals surface area contributed by atoms with Crippen molar-refractivity contribution in [2.24, 2.45) is 0 Å². The van der Waals surface area contributed by atoms with Crippen molar-refractivity contribution in [2.75, 3.05) is 0 Å². The van der Waals surface area contributed by atoms with Gasteiger partial charge in [0.05, 0.1) is 5.69 Å². The van der Waals surface area contributed by atoms with Crippen molar-refractivity contribution in [1.29, 1.82) is 0 Å². The van der Waals surface area contributed by atoms with E-state index in [2.05, 4.69) is 6.58 Å². The third-order valence-electron chi connectivity index (χ3n) is 3.02. The van der Waals surface area contributed by atoms with Crippen LogP contribution >= 0.6 is 0 Å². The first-order valence-corrected chi connectivity index (χ1v) is 6.20. The molecule has 0 spiro atoms. The number of hydrogen-bond donors (Lipinski definition) is 0. The summed E-state index contributed by atoms with van der Waals surface area (Å²) >= 11 is 0. The van der Waals surface area contributed by atoms with Crippen LogP contribution in [-0.4, -0.2) is 9.13 Å². The second-order valence-electron chi connectivity index (χ2n) is 4.20. The molecule has 1 aromatic heterocycles. The standard InChI is InChI=1S/C15H16N2O2/c1-3-9-16-10-11-17(15(19)14(16)18)13-8-6-5-7-12(13)4-2/h3,5-8,10-11H,1,4,9H2,2H3. The van der Waals surface area contributed by atoms with Crippen molar-refractivity contribution in [3.63, 3.8) is 0 Å². The Bertz CT molecular complexity index is 711. The van der Waals surface area contributed by atoms with Gasteiger partial charge in [0.1, 0.15) is 0 Å². The predicted molar refractivity (Wildman–Crippen MR) is 75.9 cm³/mol. The van der Waals surface area contributed by atoms with Gasteiger partial charge in [0.2, 0.25) is 0 Å². The molecule has 0 aliphatic carbocycles. The Hall–Kier alpha value is -2.36. The molecule has 1 heterocycles. The lowest BCUT2D eigenvalue weighted by Crippen LogP contribution is -2.40. The fourth-order valence-corrected chi connectivity index (χ4v) is 2.03. The molecule has 0 unspecified atom stereocenters. The molecule has 4 heteroatoms. The largest absolute Gasteiger partial charge is 0.320 e. The topological polar surface area (TPSA) is 44.0 Å². The number of rotatable bonds is 4. The maximum atomic E-state index is 12.1. The van der Waals surface area contributed by atoms with Crippen molar-refractivity contribution in [3.05, 3.63) is 75.6 Å². The van der Waals surface area contributed by atoms with Crippen molar-refractivity contribution in [2.45, 2.75) is 19.9 Å². The Kier molecular flexibility index (Phi) is 3.80. The van der Waals surface area contributed by atoms with Gasteiger partial charge in [-0.2, -0.15) is 0 Å². The van der Waals surface area contributed by atoms with Crippen molar-refractivity contribution >= 4 is 0 Å². The summed E-state index contributed by atoms with van der Waals surface area (Å²) in [6.45, 7) is 5.92. The van der Waals surface area contributed by atoms with E-state index >= 15 is 0 Å². The van der Waals surface area contributed by atoms with Gasteiger partial charge in [-0.25, -0.2) is 0 Å². The van der Waals surface area contributed by atoms with Crippen LogP contribution in [0.1, 0.15) is 12.5 Å². The molecule has 2 rings (SSSR count). The summed E-state index contributed by atoms with van der Waals surface area (Å²) in [5.41, 5.74) is 0.724. The van der Waals surface area contributed by atoms with Gasteiger partial charge in [-0.05, 0) is 18.1 Å². The lowest BCUT2D eigenvalue weighted by molar-refractivity contribution is 0.731. The Labute approximate surface area is 111 Å². The van der Waals surface area contributed by atoms with Crippen molar-refractivity contribution < 1.29 is 0 Å². The quantitative estimate of drug-likeness (QED) is 0.618. The zero-order valence-electron chi connectivity index (χ0n) is 10.9. The molecule has 0 N–H and O–H groups in total. The molecular weight excluding hydrogens is 240 g/mol. The maximum absolute atomic E-state index is 12.1.